The van der Waals surface area contributed by atoms with Gasteiger partial charge >= 0.3 is 19.5 Å². The summed E-state index contributed by atoms with van der Waals surface area (Å²) in [4.78, 5) is 0. The zero-order valence-electron chi connectivity index (χ0n) is 7.84. The minimum absolute atomic E-state index is 0. The van der Waals surface area contributed by atoms with E-state index >= 15 is 0 Å². The first-order chi connectivity index (χ1) is 5.13. The molecule has 2 unspecified atom stereocenters. The Hall–Kier alpha value is 0.0234. The maximum absolute atomic E-state index is 10.1. The van der Waals surface area contributed by atoms with E-state index in [1.807, 2.05) is 0 Å². The summed E-state index contributed by atoms with van der Waals surface area (Å²) in [6.45, 7) is 15.0. The minimum atomic E-state index is -0.688. The topological polar surface area (TPSA) is 46.1 Å². The molecule has 0 rings (SSSR count). The first kappa shape index (κ1) is 36.9. The van der Waals surface area contributed by atoms with Crippen molar-refractivity contribution in [2.24, 2.45) is 0 Å². The van der Waals surface area contributed by atoms with Crippen LogP contribution >= 0.6 is 0 Å². The Balaban J connectivity index is -0.0000000205. The second kappa shape index (κ2) is 38.2. The van der Waals surface area contributed by atoms with E-state index in [1.54, 1.807) is 0 Å². The predicted molar refractivity (Wildman–Crippen MR) is 59.5 cm³/mol. The average Bonchev–Trinajstić information content (AvgIpc) is 1.93. The molecule has 91 valence electrons. The van der Waals surface area contributed by atoms with Crippen LogP contribution in [0.3, 0.4) is 0 Å². The van der Waals surface area contributed by atoms with E-state index < -0.39 is 12.2 Å². The predicted octanol–water partition coefficient (Wildman–Crippen LogP) is 1.75. The summed E-state index contributed by atoms with van der Waals surface area (Å²) >= 11 is 0. The Labute approximate surface area is 104 Å². The monoisotopic (exact) mass is 293 g/mol. The van der Waals surface area contributed by atoms with Crippen LogP contribution in [-0.2, 0) is 19.5 Å². The maximum atomic E-state index is 10.1. The molecular weight excluding hydrogens is 267 g/mol. The first-order valence-electron chi connectivity index (χ1n) is 3.44. The third kappa shape index (κ3) is 90.3. The van der Waals surface area contributed by atoms with Crippen molar-refractivity contribution < 1.29 is 29.7 Å². The van der Waals surface area contributed by atoms with Gasteiger partial charge in [0.05, 0.1) is 0 Å². The van der Waals surface area contributed by atoms with Crippen molar-refractivity contribution in [3.63, 3.8) is 0 Å². The van der Waals surface area contributed by atoms with Gasteiger partial charge in [0.1, 0.15) is 0 Å². The van der Waals surface area contributed by atoms with Gasteiger partial charge < -0.3 is 10.2 Å². The van der Waals surface area contributed by atoms with E-state index in [0.717, 1.165) is 0 Å². The third-order valence-corrected chi connectivity index (χ3v) is 0.664. The molecule has 2 nitrogen and oxygen atoms in total. The van der Waals surface area contributed by atoms with E-state index in [1.165, 1.54) is 13.8 Å². The molecule has 2 atom stereocenters. The van der Waals surface area contributed by atoms with Gasteiger partial charge in [0.25, 0.3) is 0 Å². The maximum Gasteiger partial charge on any atom is 2.00 e. The van der Waals surface area contributed by atoms with Crippen LogP contribution in [0.15, 0.2) is 26.3 Å². The summed E-state index contributed by atoms with van der Waals surface area (Å²) in [5.74, 6) is 0. The normalized spacial score (nSPS) is 10.0. The van der Waals surface area contributed by atoms with Gasteiger partial charge in [-0.25, -0.2) is 0 Å². The number of rotatable bonds is 2. The second-order valence-corrected chi connectivity index (χ2v) is 1.86. The minimum Gasteiger partial charge on any atom is -0.852 e. The van der Waals surface area contributed by atoms with Crippen molar-refractivity contribution in [3.05, 3.63) is 26.3 Å². The quantitative estimate of drug-likeness (QED) is 0.575. The summed E-state index contributed by atoms with van der Waals surface area (Å²) in [7, 11) is 0. The van der Waals surface area contributed by atoms with Crippen LogP contribution in [0.4, 0.5) is 0 Å². The average molecular weight is 293 g/mol. The summed E-state index contributed by atoms with van der Waals surface area (Å²) in [5, 5.41) is 20.3. The Morgan fingerprint density at radius 2 is 1.00 bits per heavy atom. The van der Waals surface area contributed by atoms with Crippen molar-refractivity contribution in [1.82, 2.24) is 0 Å². The summed E-state index contributed by atoms with van der Waals surface area (Å²) in [6.07, 6.45) is -1.13. The van der Waals surface area contributed by atoms with Crippen molar-refractivity contribution in [3.8, 4) is 0 Å². The molecule has 0 heterocycles. The van der Waals surface area contributed by atoms with Gasteiger partial charge in [-0.05, 0) is 0 Å². The van der Waals surface area contributed by atoms with Crippen LogP contribution in [0.25, 0.3) is 0 Å². The fourth-order valence-electron chi connectivity index (χ4n) is 0.467. The molecule has 0 N–H and O–H groups in total. The largest absolute Gasteiger partial charge is 2.00 e. The van der Waals surface area contributed by atoms with Crippen LogP contribution in [0.1, 0.15) is 35.1 Å². The smallest absolute Gasteiger partial charge is 0.852 e. The Kier molecular flexibility index (Phi) is 101. The van der Waals surface area contributed by atoms with Gasteiger partial charge in [-0.1, -0.05) is 35.1 Å². The van der Waals surface area contributed by atoms with Crippen LogP contribution in [0, 0.1) is 0 Å². The number of hydrogen-bond donors (Lipinski definition) is 0. The summed E-state index contributed by atoms with van der Waals surface area (Å²) in [5.41, 5.74) is 0. The van der Waals surface area contributed by atoms with Crippen molar-refractivity contribution >= 4 is 0 Å². The molecule has 0 saturated heterocycles. The summed E-state index contributed by atoms with van der Waals surface area (Å²) < 4.78 is 0. The Bertz CT molecular complexity index is 58.3. The third-order valence-electron chi connectivity index (χ3n) is 0.664. The molecular formula is C11H26O2Rh. The molecule has 0 amide bonds. The molecule has 0 aromatic carbocycles. The van der Waals surface area contributed by atoms with Gasteiger partial charge in [0.2, 0.25) is 0 Å². The van der Waals surface area contributed by atoms with Crippen LogP contribution in [-0.4, -0.2) is 12.2 Å². The van der Waals surface area contributed by atoms with E-state index in [-0.39, 0.29) is 40.8 Å². The zero-order chi connectivity index (χ0) is 9.86. The SMILES string of the molecule is C.C.C=C.C=C.CC([O-])CC(C)[O-].[Rh+2]. The summed E-state index contributed by atoms with van der Waals surface area (Å²) in [6, 6.07) is 0. The van der Waals surface area contributed by atoms with Gasteiger partial charge in [-0.3, -0.25) is 0 Å². The molecule has 14 heavy (non-hydrogen) atoms. The van der Waals surface area contributed by atoms with Crippen molar-refractivity contribution in [2.75, 3.05) is 0 Å². The van der Waals surface area contributed by atoms with Crippen LogP contribution in [0.5, 0.6) is 0 Å². The molecule has 0 aromatic rings. The molecule has 1 radical (unpaired) electrons. The zero-order valence-corrected chi connectivity index (χ0v) is 9.48. The Morgan fingerprint density at radius 3 is 1.00 bits per heavy atom. The van der Waals surface area contributed by atoms with E-state index in [4.69, 9.17) is 0 Å². The van der Waals surface area contributed by atoms with Gasteiger partial charge in [0.15, 0.2) is 0 Å². The van der Waals surface area contributed by atoms with Crippen LogP contribution in [0.2, 0.25) is 0 Å². The second-order valence-electron chi connectivity index (χ2n) is 1.86. The van der Waals surface area contributed by atoms with Gasteiger partial charge in [-0.15, -0.1) is 38.5 Å². The molecule has 0 spiro atoms. The van der Waals surface area contributed by atoms with Gasteiger partial charge in [0, 0.05) is 0 Å². The molecule has 0 aliphatic heterocycles. The molecule has 3 heteroatoms. The molecule has 0 aromatic heterocycles. The molecule has 0 aliphatic rings. The van der Waals surface area contributed by atoms with Crippen molar-refractivity contribution in [1.29, 1.82) is 0 Å². The fourth-order valence-corrected chi connectivity index (χ4v) is 0.467. The molecule has 0 saturated carbocycles. The molecule has 0 bridgehead atoms. The fraction of sp³-hybridized carbons (Fsp3) is 0.636. The first-order valence-corrected chi connectivity index (χ1v) is 3.44. The van der Waals surface area contributed by atoms with E-state index in [9.17, 15) is 10.2 Å². The van der Waals surface area contributed by atoms with Gasteiger partial charge in [-0.2, -0.15) is 0 Å². The number of hydrogen-bond acceptors (Lipinski definition) is 2. The van der Waals surface area contributed by atoms with E-state index in [2.05, 4.69) is 26.3 Å². The van der Waals surface area contributed by atoms with E-state index in [0.29, 0.717) is 0 Å². The van der Waals surface area contributed by atoms with Crippen LogP contribution < -0.4 is 10.2 Å². The standard InChI is InChI=1S/C5H10O2.2C2H4.2CH4.Rh/c1-4(6)3-5(2)7;2*1-2;;;/h4-5H,3H2,1-2H3;2*1-2H2;2*1H4;/q-2;;;;;+2. The van der Waals surface area contributed by atoms with Crippen molar-refractivity contribution in [2.45, 2.75) is 47.3 Å². The Morgan fingerprint density at radius 1 is 0.857 bits per heavy atom. The molecule has 0 aliphatic carbocycles. The molecule has 0 fully saturated rings.